The van der Waals surface area contributed by atoms with Gasteiger partial charge in [-0.25, -0.2) is 14.7 Å². The predicted molar refractivity (Wildman–Crippen MR) is 164 cm³/mol. The number of Topliss-reactive ketones (excluding diaryl/α,β-unsaturated/α-hetero) is 1. The molecule has 1 aliphatic rings. The lowest BCUT2D eigenvalue weighted by molar-refractivity contribution is -0.138. The molecule has 0 radical (unpaired) electrons. The molecule has 14 heteroatoms. The van der Waals surface area contributed by atoms with Gasteiger partial charge in [0.2, 0.25) is 11.8 Å². The van der Waals surface area contributed by atoms with Crippen molar-refractivity contribution >= 4 is 64.2 Å². The molecule has 0 spiro atoms. The minimum Gasteiger partial charge on any atom is -0.454 e. The molecule has 1 unspecified atom stereocenters. The van der Waals surface area contributed by atoms with E-state index in [9.17, 15) is 37.6 Å². The first-order valence-electron chi connectivity index (χ1n) is 13.2. The number of hydrogen-bond donors (Lipinski definition) is 0. The number of carbonyl (C=O) groups excluding carboxylic acids is 4. The van der Waals surface area contributed by atoms with E-state index < -0.39 is 52.7 Å². The van der Waals surface area contributed by atoms with Gasteiger partial charge in [0.25, 0.3) is 0 Å². The van der Waals surface area contributed by atoms with Crippen LogP contribution in [-0.2, 0) is 20.5 Å². The average Bonchev–Trinajstić information content (AvgIpc) is 3.32. The van der Waals surface area contributed by atoms with E-state index >= 15 is 0 Å². The number of anilines is 1. The Balaban J connectivity index is 1.32. The number of amides is 2. The largest absolute Gasteiger partial charge is 0.454 e. The second-order valence-electron chi connectivity index (χ2n) is 9.76. The summed E-state index contributed by atoms with van der Waals surface area (Å²) in [6.07, 6.45) is -5.25. The molecule has 0 N–H and O–H groups in total. The fourth-order valence-electron chi connectivity index (χ4n) is 4.51. The van der Waals surface area contributed by atoms with Crippen LogP contribution in [-0.4, -0.2) is 40.4 Å². The Kier molecular flexibility index (Phi) is 9.48. The van der Waals surface area contributed by atoms with E-state index in [1.807, 2.05) is 0 Å². The maximum absolute atomic E-state index is 14.0. The normalized spacial score (nSPS) is 14.7. The Labute approximate surface area is 273 Å². The van der Waals surface area contributed by atoms with Gasteiger partial charge in [0.1, 0.15) is 11.1 Å². The standard InChI is InChI=1S/C32H18Cl2F3N3O5S/c33-23-11-8-19(12-24(23)34)26(41)16-45-31(44)18-6-9-20(10-7-18)40-28(42)14-27(30(40)43)46-29-21(15-38)22(32(35,36)37)13-25(39-29)17-4-2-1-3-5-17/h1-13,27H,14,16H2. The van der Waals surface area contributed by atoms with E-state index in [0.29, 0.717) is 17.3 Å². The summed E-state index contributed by atoms with van der Waals surface area (Å²) >= 11 is 12.4. The number of hydrogen-bond acceptors (Lipinski definition) is 8. The zero-order valence-corrected chi connectivity index (χ0v) is 25.5. The number of carbonyl (C=O) groups is 4. The summed E-state index contributed by atoms with van der Waals surface area (Å²) in [7, 11) is 0. The Morgan fingerprint density at radius 1 is 0.978 bits per heavy atom. The molecular weight excluding hydrogens is 666 g/mol. The van der Waals surface area contributed by atoms with Gasteiger partial charge in [-0.05, 0) is 48.5 Å². The number of thioether (sulfide) groups is 1. The summed E-state index contributed by atoms with van der Waals surface area (Å²) in [5.74, 6) is -2.74. The molecule has 4 aromatic rings. The molecule has 2 amide bonds. The zero-order chi connectivity index (χ0) is 33.2. The smallest absolute Gasteiger partial charge is 0.417 e. The van der Waals surface area contributed by atoms with Crippen molar-refractivity contribution in [3.8, 4) is 17.3 Å². The lowest BCUT2D eigenvalue weighted by Gasteiger charge is -2.17. The van der Waals surface area contributed by atoms with E-state index in [1.54, 1.807) is 36.4 Å². The number of ether oxygens (including phenoxy) is 1. The van der Waals surface area contributed by atoms with Crippen LogP contribution in [0.2, 0.25) is 10.0 Å². The van der Waals surface area contributed by atoms with E-state index in [1.165, 1.54) is 42.5 Å². The van der Waals surface area contributed by atoms with Crippen molar-refractivity contribution in [2.45, 2.75) is 22.9 Å². The van der Waals surface area contributed by atoms with Crippen molar-refractivity contribution in [3.63, 3.8) is 0 Å². The number of aromatic nitrogens is 1. The molecule has 0 aliphatic carbocycles. The molecule has 3 aromatic carbocycles. The Morgan fingerprint density at radius 3 is 2.28 bits per heavy atom. The zero-order valence-electron chi connectivity index (χ0n) is 23.2. The maximum Gasteiger partial charge on any atom is 0.417 e. The van der Waals surface area contributed by atoms with Crippen LogP contribution < -0.4 is 4.90 Å². The summed E-state index contributed by atoms with van der Waals surface area (Å²) in [6.45, 7) is -0.583. The number of alkyl halides is 3. The highest BCUT2D eigenvalue weighted by molar-refractivity contribution is 8.00. The summed E-state index contributed by atoms with van der Waals surface area (Å²) in [5, 5.41) is 8.54. The summed E-state index contributed by atoms with van der Waals surface area (Å²) in [6, 6.07) is 19.8. The van der Waals surface area contributed by atoms with Gasteiger partial charge in [-0.2, -0.15) is 18.4 Å². The number of rotatable bonds is 8. The van der Waals surface area contributed by atoms with Gasteiger partial charge in [-0.3, -0.25) is 14.4 Å². The molecule has 46 heavy (non-hydrogen) atoms. The Bertz CT molecular complexity index is 1920. The number of nitriles is 1. The molecule has 1 aromatic heterocycles. The molecule has 232 valence electrons. The minimum absolute atomic E-state index is 0.0241. The van der Waals surface area contributed by atoms with Crippen molar-refractivity contribution in [3.05, 3.63) is 111 Å². The van der Waals surface area contributed by atoms with E-state index in [4.69, 9.17) is 27.9 Å². The lowest BCUT2D eigenvalue weighted by Crippen LogP contribution is -2.31. The highest BCUT2D eigenvalue weighted by Crippen LogP contribution is 2.41. The lowest BCUT2D eigenvalue weighted by atomic mass is 10.1. The number of esters is 1. The van der Waals surface area contributed by atoms with Crippen LogP contribution in [0.3, 0.4) is 0 Å². The molecule has 0 saturated carbocycles. The second-order valence-corrected chi connectivity index (χ2v) is 11.8. The van der Waals surface area contributed by atoms with Crippen molar-refractivity contribution in [2.75, 3.05) is 11.5 Å². The number of benzene rings is 3. The molecule has 2 heterocycles. The van der Waals surface area contributed by atoms with Crippen LogP contribution in [0.25, 0.3) is 11.3 Å². The molecule has 1 fully saturated rings. The number of pyridine rings is 1. The summed E-state index contributed by atoms with van der Waals surface area (Å²) in [5.41, 5.74) is -1.33. The monoisotopic (exact) mass is 683 g/mol. The fourth-order valence-corrected chi connectivity index (χ4v) is 5.94. The molecule has 0 bridgehead atoms. The van der Waals surface area contributed by atoms with Crippen LogP contribution >= 0.6 is 35.0 Å². The third kappa shape index (κ3) is 6.92. The Morgan fingerprint density at radius 2 is 1.65 bits per heavy atom. The first kappa shape index (κ1) is 32.7. The summed E-state index contributed by atoms with van der Waals surface area (Å²) < 4.78 is 46.9. The van der Waals surface area contributed by atoms with Gasteiger partial charge in [-0.15, -0.1) is 0 Å². The Hall–Kier alpha value is -4.70. The predicted octanol–water partition coefficient (Wildman–Crippen LogP) is 7.41. The quantitative estimate of drug-likeness (QED) is 0.107. The second kappa shape index (κ2) is 13.3. The third-order valence-electron chi connectivity index (χ3n) is 6.77. The van der Waals surface area contributed by atoms with E-state index in [0.717, 1.165) is 11.0 Å². The van der Waals surface area contributed by atoms with Crippen LogP contribution in [0.1, 0.15) is 38.3 Å². The minimum atomic E-state index is -4.88. The van der Waals surface area contributed by atoms with E-state index in [2.05, 4.69) is 4.98 Å². The molecule has 5 rings (SSSR count). The SMILES string of the molecule is N#Cc1c(C(F)(F)F)cc(-c2ccccc2)nc1SC1CC(=O)N(c2ccc(C(=O)OCC(=O)c3ccc(Cl)c(Cl)c3)cc2)C1=O. The van der Waals surface area contributed by atoms with Gasteiger partial charge in [-0.1, -0.05) is 65.3 Å². The van der Waals surface area contributed by atoms with Gasteiger partial charge in [0.15, 0.2) is 12.4 Å². The van der Waals surface area contributed by atoms with Crippen LogP contribution in [0.4, 0.5) is 18.9 Å². The van der Waals surface area contributed by atoms with Crippen molar-refractivity contribution in [1.29, 1.82) is 5.26 Å². The highest BCUT2D eigenvalue weighted by Gasteiger charge is 2.42. The molecule has 1 atom stereocenters. The molecule has 1 saturated heterocycles. The van der Waals surface area contributed by atoms with Crippen LogP contribution in [0, 0.1) is 11.3 Å². The van der Waals surface area contributed by atoms with Gasteiger partial charge in [0, 0.05) is 17.5 Å². The fraction of sp³-hybridized carbons (Fsp3) is 0.125. The number of imide groups is 1. The van der Waals surface area contributed by atoms with Crippen molar-refractivity contribution in [2.24, 2.45) is 0 Å². The summed E-state index contributed by atoms with van der Waals surface area (Å²) in [4.78, 5) is 56.2. The average molecular weight is 684 g/mol. The highest BCUT2D eigenvalue weighted by atomic mass is 35.5. The van der Waals surface area contributed by atoms with Crippen LogP contribution in [0.15, 0.2) is 83.9 Å². The molecule has 8 nitrogen and oxygen atoms in total. The van der Waals surface area contributed by atoms with Gasteiger partial charge < -0.3 is 4.74 Å². The third-order valence-corrected chi connectivity index (χ3v) is 8.68. The maximum atomic E-state index is 14.0. The number of nitrogens with zero attached hydrogens (tertiary/aromatic N) is 3. The van der Waals surface area contributed by atoms with Crippen molar-refractivity contribution < 1.29 is 37.1 Å². The topological polar surface area (TPSA) is 117 Å². The van der Waals surface area contributed by atoms with Gasteiger partial charge >= 0.3 is 12.1 Å². The molecule has 1 aliphatic heterocycles. The van der Waals surface area contributed by atoms with Crippen LogP contribution in [0.5, 0.6) is 0 Å². The van der Waals surface area contributed by atoms with Gasteiger partial charge in [0.05, 0.1) is 43.4 Å². The first-order chi connectivity index (χ1) is 21.9. The number of ketones is 1. The number of halogens is 5. The first-order valence-corrected chi connectivity index (χ1v) is 14.9. The molecular formula is C32H18Cl2F3N3O5S. The van der Waals surface area contributed by atoms with E-state index in [-0.39, 0.29) is 44.0 Å². The van der Waals surface area contributed by atoms with Crippen molar-refractivity contribution in [1.82, 2.24) is 4.98 Å².